The molecule has 1 aliphatic rings. The molecule has 1 aromatic carbocycles. The van der Waals surface area contributed by atoms with E-state index in [1.54, 1.807) is 7.05 Å². The van der Waals surface area contributed by atoms with Crippen molar-refractivity contribution < 1.29 is 14.3 Å². The monoisotopic (exact) mass is 390 g/mol. The van der Waals surface area contributed by atoms with Crippen LogP contribution in [-0.2, 0) is 16.0 Å². The number of rotatable bonds is 13. The Morgan fingerprint density at radius 1 is 1.14 bits per heavy atom. The third kappa shape index (κ3) is 9.60. The Labute approximate surface area is 168 Å². The van der Waals surface area contributed by atoms with Gasteiger partial charge in [0.15, 0.2) is 12.6 Å². The number of ether oxygens (including phenoxy) is 2. The highest BCUT2D eigenvalue weighted by Gasteiger charge is 2.23. The van der Waals surface area contributed by atoms with E-state index in [1.807, 2.05) is 31.2 Å². The summed E-state index contributed by atoms with van der Waals surface area (Å²) in [5, 5.41) is 9.55. The van der Waals surface area contributed by atoms with E-state index >= 15 is 0 Å². The van der Waals surface area contributed by atoms with Crippen molar-refractivity contribution in [3.8, 4) is 5.75 Å². The lowest BCUT2D eigenvalue weighted by Crippen LogP contribution is -2.38. The number of carbonyl (C=O) groups is 1. The minimum absolute atomic E-state index is 0.0486. The van der Waals surface area contributed by atoms with Crippen molar-refractivity contribution in [3.63, 3.8) is 0 Å². The van der Waals surface area contributed by atoms with Gasteiger partial charge in [-0.15, -0.1) is 0 Å². The van der Waals surface area contributed by atoms with Crippen LogP contribution in [-0.4, -0.2) is 57.9 Å². The van der Waals surface area contributed by atoms with Gasteiger partial charge in [-0.1, -0.05) is 12.1 Å². The molecular formula is C21H34N4O3. The summed E-state index contributed by atoms with van der Waals surface area (Å²) in [6.07, 6.45) is 5.16. The largest absolute Gasteiger partial charge is 0.484 e. The Kier molecular flexibility index (Phi) is 10.2. The van der Waals surface area contributed by atoms with Gasteiger partial charge in [0.2, 0.25) is 0 Å². The summed E-state index contributed by atoms with van der Waals surface area (Å²) in [5.41, 5.74) is 1.20. The van der Waals surface area contributed by atoms with Crippen LogP contribution in [0.3, 0.4) is 0 Å². The normalized spacial score (nSPS) is 13.9. The van der Waals surface area contributed by atoms with Crippen LogP contribution in [0.2, 0.25) is 0 Å². The highest BCUT2D eigenvalue weighted by Crippen LogP contribution is 2.18. The lowest BCUT2D eigenvalue weighted by molar-refractivity contribution is -0.123. The van der Waals surface area contributed by atoms with Gasteiger partial charge in [-0.05, 0) is 56.7 Å². The van der Waals surface area contributed by atoms with Gasteiger partial charge in [0.1, 0.15) is 5.75 Å². The molecule has 0 spiro atoms. The second-order valence-electron chi connectivity index (χ2n) is 6.85. The van der Waals surface area contributed by atoms with Gasteiger partial charge in [0.25, 0.3) is 5.91 Å². The number of guanidine groups is 1. The Balaban J connectivity index is 1.57. The van der Waals surface area contributed by atoms with Gasteiger partial charge in [-0.3, -0.25) is 9.79 Å². The molecule has 0 aromatic heterocycles. The Bertz CT molecular complexity index is 600. The predicted octanol–water partition coefficient (Wildman–Crippen LogP) is 1.87. The first-order valence-corrected chi connectivity index (χ1v) is 10.2. The zero-order valence-corrected chi connectivity index (χ0v) is 17.1. The van der Waals surface area contributed by atoms with Crippen LogP contribution in [0.5, 0.6) is 5.75 Å². The number of hydrogen-bond donors (Lipinski definition) is 3. The molecule has 2 rings (SSSR count). The fourth-order valence-electron chi connectivity index (χ4n) is 2.62. The van der Waals surface area contributed by atoms with Crippen molar-refractivity contribution in [3.05, 3.63) is 29.8 Å². The van der Waals surface area contributed by atoms with Gasteiger partial charge in [-0.25, -0.2) is 0 Å². The molecule has 0 aliphatic heterocycles. The average molecular weight is 391 g/mol. The summed E-state index contributed by atoms with van der Waals surface area (Å²) in [6, 6.07) is 8.24. The number of nitrogens with zero attached hydrogens (tertiary/aromatic N) is 1. The number of unbranched alkanes of at least 4 members (excludes halogenated alkanes) is 1. The number of benzene rings is 1. The standard InChI is InChI=1S/C21H34N4O3/c1-3-27-15-5-4-13-23-21(22-2)24-14-12-17-6-10-19(11-7-17)28-16-20(26)25-18-8-9-18/h6-7,10-11,18H,3-5,8-9,12-16H2,1-2H3,(H,25,26)(H2,22,23,24). The molecule has 0 bridgehead atoms. The van der Waals surface area contributed by atoms with Crippen LogP contribution in [0.4, 0.5) is 0 Å². The molecule has 1 aromatic rings. The summed E-state index contributed by atoms with van der Waals surface area (Å²) < 4.78 is 10.9. The molecule has 1 fully saturated rings. The highest BCUT2D eigenvalue weighted by atomic mass is 16.5. The Morgan fingerprint density at radius 3 is 2.57 bits per heavy atom. The van der Waals surface area contributed by atoms with Crippen LogP contribution in [0.25, 0.3) is 0 Å². The predicted molar refractivity (Wildman–Crippen MR) is 112 cm³/mol. The zero-order valence-electron chi connectivity index (χ0n) is 17.1. The number of nitrogens with one attached hydrogen (secondary N) is 3. The first-order valence-electron chi connectivity index (χ1n) is 10.2. The molecule has 0 saturated heterocycles. The summed E-state index contributed by atoms with van der Waals surface area (Å²) in [6.45, 7) is 5.35. The molecule has 1 aliphatic carbocycles. The van der Waals surface area contributed by atoms with Gasteiger partial charge in [-0.2, -0.15) is 0 Å². The summed E-state index contributed by atoms with van der Waals surface area (Å²) in [7, 11) is 1.78. The number of carbonyl (C=O) groups excluding carboxylic acids is 1. The Morgan fingerprint density at radius 2 is 1.89 bits per heavy atom. The molecule has 28 heavy (non-hydrogen) atoms. The van der Waals surface area contributed by atoms with E-state index in [0.29, 0.717) is 11.8 Å². The molecule has 0 unspecified atom stereocenters. The molecule has 3 N–H and O–H groups in total. The summed E-state index contributed by atoms with van der Waals surface area (Å²) >= 11 is 0. The van der Waals surface area contributed by atoms with Crippen LogP contribution < -0.4 is 20.7 Å². The second-order valence-corrected chi connectivity index (χ2v) is 6.85. The third-order valence-electron chi connectivity index (χ3n) is 4.38. The van der Waals surface area contributed by atoms with Crippen LogP contribution in [0.15, 0.2) is 29.3 Å². The van der Waals surface area contributed by atoms with E-state index in [2.05, 4.69) is 20.9 Å². The maximum Gasteiger partial charge on any atom is 0.258 e. The van der Waals surface area contributed by atoms with Crippen molar-refractivity contribution in [2.45, 2.75) is 45.1 Å². The second kappa shape index (κ2) is 13.0. The molecule has 0 heterocycles. The van der Waals surface area contributed by atoms with E-state index in [9.17, 15) is 4.79 Å². The van der Waals surface area contributed by atoms with Gasteiger partial charge >= 0.3 is 0 Å². The number of hydrogen-bond acceptors (Lipinski definition) is 4. The fourth-order valence-corrected chi connectivity index (χ4v) is 2.62. The lowest BCUT2D eigenvalue weighted by Gasteiger charge is -2.12. The summed E-state index contributed by atoms with van der Waals surface area (Å²) in [5.74, 6) is 1.48. The molecule has 0 atom stereocenters. The van der Waals surface area contributed by atoms with E-state index in [4.69, 9.17) is 9.47 Å². The fraction of sp³-hybridized carbons (Fsp3) is 0.619. The lowest BCUT2D eigenvalue weighted by atomic mass is 10.1. The average Bonchev–Trinajstić information content (AvgIpc) is 3.52. The first kappa shape index (κ1) is 22.0. The molecule has 7 heteroatoms. The van der Waals surface area contributed by atoms with E-state index in [1.165, 1.54) is 5.56 Å². The number of amides is 1. The van der Waals surface area contributed by atoms with Crippen molar-refractivity contribution >= 4 is 11.9 Å². The van der Waals surface area contributed by atoms with Crippen molar-refractivity contribution in [1.82, 2.24) is 16.0 Å². The smallest absolute Gasteiger partial charge is 0.258 e. The minimum atomic E-state index is -0.0486. The van der Waals surface area contributed by atoms with E-state index < -0.39 is 0 Å². The van der Waals surface area contributed by atoms with Crippen molar-refractivity contribution in [2.75, 3.05) is 40.0 Å². The Hall–Kier alpha value is -2.28. The molecular weight excluding hydrogens is 356 g/mol. The quantitative estimate of drug-likeness (QED) is 0.272. The molecule has 156 valence electrons. The van der Waals surface area contributed by atoms with E-state index in [0.717, 1.165) is 64.4 Å². The van der Waals surface area contributed by atoms with Crippen LogP contribution in [0, 0.1) is 0 Å². The number of aliphatic imine (C=N–C) groups is 1. The molecule has 0 radical (unpaired) electrons. The SMILES string of the molecule is CCOCCCCNC(=NC)NCCc1ccc(OCC(=O)NC2CC2)cc1. The highest BCUT2D eigenvalue weighted by molar-refractivity contribution is 5.79. The van der Waals surface area contributed by atoms with Gasteiger partial charge < -0.3 is 25.4 Å². The zero-order chi connectivity index (χ0) is 20.0. The van der Waals surface area contributed by atoms with E-state index in [-0.39, 0.29) is 12.5 Å². The third-order valence-corrected chi connectivity index (χ3v) is 4.38. The van der Waals surface area contributed by atoms with Gasteiger partial charge in [0, 0.05) is 39.4 Å². The maximum absolute atomic E-state index is 11.6. The van der Waals surface area contributed by atoms with Crippen molar-refractivity contribution in [2.24, 2.45) is 4.99 Å². The maximum atomic E-state index is 11.6. The molecule has 1 saturated carbocycles. The molecule has 1 amide bonds. The first-order chi connectivity index (χ1) is 13.7. The van der Waals surface area contributed by atoms with Gasteiger partial charge in [0.05, 0.1) is 0 Å². The van der Waals surface area contributed by atoms with Crippen molar-refractivity contribution in [1.29, 1.82) is 0 Å². The summed E-state index contributed by atoms with van der Waals surface area (Å²) in [4.78, 5) is 15.9. The van der Waals surface area contributed by atoms with Crippen LogP contribution in [0.1, 0.15) is 38.2 Å². The molecule has 7 nitrogen and oxygen atoms in total. The topological polar surface area (TPSA) is 84.0 Å². The minimum Gasteiger partial charge on any atom is -0.484 e. The van der Waals surface area contributed by atoms with Crippen LogP contribution >= 0.6 is 0 Å².